The Morgan fingerprint density at radius 2 is 2.03 bits per heavy atom. The zero-order valence-corrected chi connectivity index (χ0v) is 22.8. The number of likely N-dealkylation sites (N-methyl/N-ethyl adjacent to an activating group) is 1. The van der Waals surface area contributed by atoms with Crippen molar-refractivity contribution in [2.75, 3.05) is 46.5 Å². The first-order chi connectivity index (χ1) is 18.6. The molecule has 0 saturated carbocycles. The van der Waals surface area contributed by atoms with Gasteiger partial charge in [-0.1, -0.05) is 13.8 Å². The first-order valence-electron chi connectivity index (χ1n) is 13.5. The van der Waals surface area contributed by atoms with Crippen molar-refractivity contribution in [3.63, 3.8) is 0 Å². The van der Waals surface area contributed by atoms with Crippen molar-refractivity contribution in [2.45, 2.75) is 57.7 Å². The third kappa shape index (κ3) is 5.66. The summed E-state index contributed by atoms with van der Waals surface area (Å²) < 4.78 is 37.4. The molecule has 10 nitrogen and oxygen atoms in total. The van der Waals surface area contributed by atoms with E-state index < -0.39 is 36.2 Å². The van der Waals surface area contributed by atoms with Gasteiger partial charge in [0.15, 0.2) is 11.5 Å². The Balaban J connectivity index is 1.30. The molecule has 5 atom stereocenters. The first kappa shape index (κ1) is 27.5. The lowest BCUT2D eigenvalue weighted by molar-refractivity contribution is -0.138. The van der Waals surface area contributed by atoms with Crippen molar-refractivity contribution < 1.29 is 37.4 Å². The monoisotopic (exact) mass is 545 g/mol. The normalized spacial score (nSPS) is 26.3. The number of aryl methyl sites for hydroxylation is 1. The topological polar surface area (TPSA) is 111 Å². The molecule has 1 aromatic heterocycles. The van der Waals surface area contributed by atoms with Gasteiger partial charge < -0.3 is 33.7 Å². The van der Waals surface area contributed by atoms with Crippen molar-refractivity contribution in [1.29, 1.82) is 0 Å². The van der Waals surface area contributed by atoms with Crippen LogP contribution in [-0.2, 0) is 19.1 Å². The third-order valence-electron chi connectivity index (χ3n) is 7.61. The highest BCUT2D eigenvalue weighted by Crippen LogP contribution is 2.32. The summed E-state index contributed by atoms with van der Waals surface area (Å²) in [5, 5.41) is 3.51. The van der Waals surface area contributed by atoms with Gasteiger partial charge in [-0.25, -0.2) is 4.39 Å². The van der Waals surface area contributed by atoms with Crippen LogP contribution in [0.3, 0.4) is 0 Å². The number of furan rings is 1. The third-order valence-corrected chi connectivity index (χ3v) is 7.61. The number of ketones is 1. The number of ether oxygens (including phenoxy) is 3. The van der Waals surface area contributed by atoms with Gasteiger partial charge in [-0.3, -0.25) is 14.4 Å². The molecule has 4 unspecified atom stereocenters. The minimum Gasteiger partial charge on any atom is -0.491 e. The van der Waals surface area contributed by atoms with E-state index in [0.29, 0.717) is 36.5 Å². The molecule has 3 aliphatic rings. The quantitative estimate of drug-likeness (QED) is 0.537. The number of morpholine rings is 1. The first-order valence-corrected chi connectivity index (χ1v) is 13.5. The Hall–Kier alpha value is -3.02. The molecule has 3 aliphatic heterocycles. The van der Waals surface area contributed by atoms with Crippen LogP contribution in [0.25, 0.3) is 11.0 Å². The number of benzene rings is 1. The van der Waals surface area contributed by atoms with Gasteiger partial charge in [0, 0.05) is 24.0 Å². The summed E-state index contributed by atoms with van der Waals surface area (Å²) in [6.07, 6.45) is -2.09. The molecule has 212 valence electrons. The highest BCUT2D eigenvalue weighted by Gasteiger charge is 2.53. The van der Waals surface area contributed by atoms with E-state index in [0.717, 1.165) is 18.5 Å². The maximum absolute atomic E-state index is 14.5. The number of fused-ring (bicyclic) bond motifs is 2. The highest BCUT2D eigenvalue weighted by molar-refractivity contribution is 6.02. The van der Waals surface area contributed by atoms with Crippen LogP contribution >= 0.6 is 0 Å². The van der Waals surface area contributed by atoms with Crippen LogP contribution < -0.4 is 10.1 Å². The van der Waals surface area contributed by atoms with Gasteiger partial charge >= 0.3 is 0 Å². The van der Waals surface area contributed by atoms with Crippen LogP contribution in [0.2, 0.25) is 0 Å². The second kappa shape index (κ2) is 11.2. The number of nitrogens with zero attached hydrogens (tertiary/aromatic N) is 2. The van der Waals surface area contributed by atoms with Crippen LogP contribution in [0.1, 0.15) is 36.4 Å². The number of hydrogen-bond donors (Lipinski definition) is 1. The average molecular weight is 546 g/mol. The lowest BCUT2D eigenvalue weighted by Gasteiger charge is -2.29. The Kier molecular flexibility index (Phi) is 7.93. The maximum Gasteiger partial charge on any atom is 0.287 e. The Bertz CT molecular complexity index is 1250. The van der Waals surface area contributed by atoms with E-state index in [1.807, 2.05) is 27.0 Å². The summed E-state index contributed by atoms with van der Waals surface area (Å²) >= 11 is 0. The summed E-state index contributed by atoms with van der Waals surface area (Å²) in [5.41, 5.74) is 1.13. The second-order valence-corrected chi connectivity index (χ2v) is 11.1. The van der Waals surface area contributed by atoms with Gasteiger partial charge in [0.05, 0.1) is 13.2 Å². The average Bonchev–Trinajstić information content (AvgIpc) is 3.55. The predicted octanol–water partition coefficient (Wildman–Crippen LogP) is 2.11. The molecule has 11 heteroatoms. The zero-order valence-electron chi connectivity index (χ0n) is 22.8. The van der Waals surface area contributed by atoms with Gasteiger partial charge in [-0.2, -0.15) is 0 Å². The van der Waals surface area contributed by atoms with E-state index >= 15 is 0 Å². The molecule has 1 N–H and O–H groups in total. The summed E-state index contributed by atoms with van der Waals surface area (Å²) in [7, 11) is 2.05. The minimum atomic E-state index is -1.44. The Morgan fingerprint density at radius 1 is 1.23 bits per heavy atom. The number of rotatable bonds is 8. The minimum absolute atomic E-state index is 0.0219. The highest BCUT2D eigenvalue weighted by atomic mass is 19.1. The van der Waals surface area contributed by atoms with E-state index in [2.05, 4.69) is 10.2 Å². The van der Waals surface area contributed by atoms with Crippen molar-refractivity contribution in [3.8, 4) is 5.75 Å². The van der Waals surface area contributed by atoms with Gasteiger partial charge in [0.1, 0.15) is 55.0 Å². The number of likely N-dealkylation sites (tertiary alicyclic amines) is 1. The molecule has 0 spiro atoms. The van der Waals surface area contributed by atoms with E-state index in [1.165, 1.54) is 4.90 Å². The molecule has 3 fully saturated rings. The van der Waals surface area contributed by atoms with Crippen molar-refractivity contribution in [1.82, 2.24) is 15.1 Å². The number of carbonyl (C=O) groups is 3. The fraction of sp³-hybridized carbons (Fsp3) is 0.607. The number of halogens is 1. The van der Waals surface area contributed by atoms with E-state index in [9.17, 15) is 18.8 Å². The SMILES string of the molecule is Cc1c(C(=O)NC(CC(C)C)C(=O)N2CC(F)C3OCC(=O)C32)oc2ccc(OC[C@@H]3CN(C)CCO3)cc12. The summed E-state index contributed by atoms with van der Waals surface area (Å²) in [4.78, 5) is 42.6. The molecule has 4 heterocycles. The summed E-state index contributed by atoms with van der Waals surface area (Å²) in [5.74, 6) is -0.591. The van der Waals surface area contributed by atoms with Gasteiger partial charge in [0.25, 0.3) is 5.91 Å². The fourth-order valence-corrected chi connectivity index (χ4v) is 5.60. The number of alkyl halides is 1. The molecule has 0 bridgehead atoms. The predicted molar refractivity (Wildman–Crippen MR) is 140 cm³/mol. The molecular weight excluding hydrogens is 509 g/mol. The smallest absolute Gasteiger partial charge is 0.287 e. The van der Waals surface area contributed by atoms with Crippen molar-refractivity contribution in [3.05, 3.63) is 29.5 Å². The molecule has 5 rings (SSSR count). The Labute approximate surface area is 226 Å². The molecule has 0 radical (unpaired) electrons. The van der Waals surface area contributed by atoms with Crippen molar-refractivity contribution in [2.24, 2.45) is 5.92 Å². The number of nitrogens with one attached hydrogen (secondary N) is 1. The number of amides is 2. The molecule has 39 heavy (non-hydrogen) atoms. The zero-order chi connectivity index (χ0) is 27.8. The molecule has 3 saturated heterocycles. The van der Waals surface area contributed by atoms with Gasteiger partial charge in [-0.05, 0) is 44.5 Å². The summed E-state index contributed by atoms with van der Waals surface area (Å²) in [6.45, 7) is 7.93. The summed E-state index contributed by atoms with van der Waals surface area (Å²) in [6, 6.07) is 3.45. The van der Waals surface area contributed by atoms with Gasteiger partial charge in [0.2, 0.25) is 5.91 Å². The maximum atomic E-state index is 14.5. The van der Waals surface area contributed by atoms with E-state index in [4.69, 9.17) is 18.6 Å². The van der Waals surface area contributed by atoms with Crippen LogP contribution in [-0.4, -0.2) is 104 Å². The second-order valence-electron chi connectivity index (χ2n) is 11.1. The van der Waals surface area contributed by atoms with Gasteiger partial charge in [-0.15, -0.1) is 0 Å². The van der Waals surface area contributed by atoms with E-state index in [-0.39, 0.29) is 36.7 Å². The molecule has 2 aromatic rings. The Morgan fingerprint density at radius 3 is 2.77 bits per heavy atom. The standard InChI is InChI=1S/C28H36FN3O7/c1-15(2)9-21(28(35)32-12-20(29)26-24(32)22(33)14-38-26)30-27(34)25-16(3)19-10-17(5-6-23(19)39-25)37-13-18-11-31(4)7-8-36-18/h5-6,10,15,18,20-21,24,26H,7-9,11-14H2,1-4H3,(H,30,34)/t18-,20?,21?,24?,26?/m0/s1. The van der Waals surface area contributed by atoms with E-state index in [1.54, 1.807) is 19.1 Å². The number of carbonyl (C=O) groups excluding carboxylic acids is 3. The van der Waals surface area contributed by atoms with Crippen LogP contribution in [0.5, 0.6) is 5.75 Å². The number of hydrogen-bond acceptors (Lipinski definition) is 8. The van der Waals surface area contributed by atoms with Crippen LogP contribution in [0.4, 0.5) is 4.39 Å². The van der Waals surface area contributed by atoms with Crippen molar-refractivity contribution >= 4 is 28.6 Å². The molecule has 2 amide bonds. The number of Topliss-reactive ketones (excluding diaryl/α,β-unsaturated/α-hetero) is 1. The van der Waals surface area contributed by atoms with Crippen LogP contribution in [0.15, 0.2) is 22.6 Å². The fourth-order valence-electron chi connectivity index (χ4n) is 5.60. The molecule has 1 aromatic carbocycles. The molecule has 0 aliphatic carbocycles. The molecular formula is C28H36FN3O7. The lowest BCUT2D eigenvalue weighted by Crippen LogP contribution is -2.52. The lowest BCUT2D eigenvalue weighted by atomic mass is 10.0. The largest absolute Gasteiger partial charge is 0.491 e. The van der Waals surface area contributed by atoms with Crippen LogP contribution in [0, 0.1) is 12.8 Å².